The van der Waals surface area contributed by atoms with Crippen molar-refractivity contribution in [3.8, 4) is 0 Å². The first-order valence-electron chi connectivity index (χ1n) is 9.91. The summed E-state index contributed by atoms with van der Waals surface area (Å²) in [6, 6.07) is 4.04. The van der Waals surface area contributed by atoms with Crippen molar-refractivity contribution in [2.24, 2.45) is 0 Å². The molecule has 0 spiro atoms. The lowest BCUT2D eigenvalue weighted by Crippen LogP contribution is -2.38. The van der Waals surface area contributed by atoms with Crippen LogP contribution in [0.5, 0.6) is 0 Å². The van der Waals surface area contributed by atoms with E-state index in [1.807, 2.05) is 21.8 Å². The van der Waals surface area contributed by atoms with Gasteiger partial charge in [0.2, 0.25) is 5.91 Å². The Morgan fingerprint density at radius 1 is 1.33 bits per heavy atom. The van der Waals surface area contributed by atoms with Crippen LogP contribution in [0.1, 0.15) is 30.7 Å². The first-order valence-corrected chi connectivity index (χ1v) is 9.91. The van der Waals surface area contributed by atoms with E-state index in [-0.39, 0.29) is 12.0 Å². The molecule has 2 aliphatic rings. The van der Waals surface area contributed by atoms with Gasteiger partial charge in [0.1, 0.15) is 0 Å². The third kappa shape index (κ3) is 4.75. The Kier molecular flexibility index (Phi) is 5.84. The highest BCUT2D eigenvalue weighted by Gasteiger charge is 2.23. The molecule has 8 heteroatoms. The van der Waals surface area contributed by atoms with Crippen LogP contribution in [0.4, 0.5) is 0 Å². The highest BCUT2D eigenvalue weighted by atomic mass is 16.5. The molecule has 0 aromatic carbocycles. The average molecular weight is 372 g/mol. The largest absolute Gasteiger partial charge is 0.374 e. The topological polar surface area (TPSA) is 77.2 Å². The molecule has 8 nitrogen and oxygen atoms in total. The Labute approximate surface area is 159 Å². The molecule has 0 saturated carbocycles. The number of rotatable bonds is 5. The Hall–Kier alpha value is -2.19. The monoisotopic (exact) mass is 372 g/mol. The number of aromatic nitrogens is 4. The van der Waals surface area contributed by atoms with E-state index in [9.17, 15) is 4.79 Å². The number of nitrogens with zero attached hydrogens (tertiary/aromatic N) is 5. The maximum Gasteiger partial charge on any atom is 0.223 e. The second kappa shape index (κ2) is 8.67. The quantitative estimate of drug-likeness (QED) is 0.841. The molecular weight excluding hydrogens is 344 g/mol. The lowest BCUT2D eigenvalue weighted by molar-refractivity contribution is -0.132. The Morgan fingerprint density at radius 3 is 3.19 bits per heavy atom. The van der Waals surface area contributed by atoms with Gasteiger partial charge in [-0.25, -0.2) is 0 Å². The van der Waals surface area contributed by atoms with Crippen molar-refractivity contribution in [2.45, 2.75) is 51.4 Å². The summed E-state index contributed by atoms with van der Waals surface area (Å²) in [7, 11) is 0. The normalized spacial score (nSPS) is 20.7. The average Bonchev–Trinajstić information content (AvgIpc) is 3.18. The molecule has 2 aromatic rings. The van der Waals surface area contributed by atoms with Crippen LogP contribution in [0.3, 0.4) is 0 Å². The van der Waals surface area contributed by atoms with Crippen LogP contribution < -0.4 is 5.32 Å². The predicted molar refractivity (Wildman–Crippen MR) is 100 cm³/mol. The van der Waals surface area contributed by atoms with Gasteiger partial charge in [-0.1, -0.05) is 0 Å². The standard InChI is InChI=1S/C19H28N6O2/c26-19(5-4-16-12-17-13-20-6-1-10-25(17)22-16)23-8-3-11-27-18(14-23)15-24-9-2-7-21-24/h2,7,9,12,18,20H,1,3-6,8,10-11,13-15H2/t18-/m0/s1. The number of nitrogens with one attached hydrogen (secondary N) is 1. The molecule has 1 saturated heterocycles. The molecule has 0 aliphatic carbocycles. The maximum absolute atomic E-state index is 12.8. The van der Waals surface area contributed by atoms with Gasteiger partial charge in [-0.05, 0) is 31.5 Å². The summed E-state index contributed by atoms with van der Waals surface area (Å²) >= 11 is 0. The second-order valence-electron chi connectivity index (χ2n) is 7.29. The highest BCUT2D eigenvalue weighted by molar-refractivity contribution is 5.76. The fourth-order valence-corrected chi connectivity index (χ4v) is 3.79. The minimum absolute atomic E-state index is 0.00825. The van der Waals surface area contributed by atoms with Gasteiger partial charge in [0.15, 0.2) is 0 Å². The third-order valence-corrected chi connectivity index (χ3v) is 5.19. The van der Waals surface area contributed by atoms with E-state index in [0.717, 1.165) is 44.7 Å². The van der Waals surface area contributed by atoms with Gasteiger partial charge in [0.25, 0.3) is 0 Å². The molecule has 0 radical (unpaired) electrons. The van der Waals surface area contributed by atoms with E-state index < -0.39 is 0 Å². The van der Waals surface area contributed by atoms with E-state index in [1.54, 1.807) is 6.20 Å². The Bertz CT molecular complexity index is 718. The van der Waals surface area contributed by atoms with Gasteiger partial charge in [-0.3, -0.25) is 14.2 Å². The molecule has 1 N–H and O–H groups in total. The number of carbonyl (C=O) groups is 1. The molecule has 4 rings (SSSR count). The first-order chi connectivity index (χ1) is 13.3. The molecule has 2 aliphatic heterocycles. The zero-order valence-electron chi connectivity index (χ0n) is 15.7. The van der Waals surface area contributed by atoms with Crippen LogP contribution >= 0.6 is 0 Å². The number of carbonyl (C=O) groups excluding carboxylic acids is 1. The summed E-state index contributed by atoms with van der Waals surface area (Å²) < 4.78 is 9.86. The Balaban J connectivity index is 1.31. The minimum Gasteiger partial charge on any atom is -0.374 e. The lowest BCUT2D eigenvalue weighted by atomic mass is 10.2. The van der Waals surface area contributed by atoms with Crippen LogP contribution in [-0.4, -0.2) is 62.7 Å². The third-order valence-electron chi connectivity index (χ3n) is 5.19. The molecule has 1 atom stereocenters. The van der Waals surface area contributed by atoms with Crippen LogP contribution in [0.2, 0.25) is 0 Å². The van der Waals surface area contributed by atoms with Gasteiger partial charge >= 0.3 is 0 Å². The predicted octanol–water partition coefficient (Wildman–Crippen LogP) is 0.823. The molecule has 146 valence electrons. The minimum atomic E-state index is -0.00825. The van der Waals surface area contributed by atoms with Crippen molar-refractivity contribution in [2.75, 3.05) is 26.2 Å². The van der Waals surface area contributed by atoms with Gasteiger partial charge in [0.05, 0.1) is 24.0 Å². The van der Waals surface area contributed by atoms with Crippen LogP contribution in [0, 0.1) is 0 Å². The number of amides is 1. The van der Waals surface area contributed by atoms with Crippen LogP contribution in [0.15, 0.2) is 24.5 Å². The summed E-state index contributed by atoms with van der Waals surface area (Å²) in [5.41, 5.74) is 2.23. The molecular formula is C19H28N6O2. The van der Waals surface area contributed by atoms with E-state index in [4.69, 9.17) is 4.74 Å². The summed E-state index contributed by atoms with van der Waals surface area (Å²) in [6.07, 6.45) is 6.86. The van der Waals surface area contributed by atoms with Gasteiger partial charge in [-0.2, -0.15) is 10.2 Å². The van der Waals surface area contributed by atoms with Crippen molar-refractivity contribution in [1.82, 2.24) is 29.8 Å². The number of hydrogen-bond acceptors (Lipinski definition) is 5. The molecule has 0 unspecified atom stereocenters. The van der Waals surface area contributed by atoms with E-state index in [2.05, 4.69) is 26.3 Å². The van der Waals surface area contributed by atoms with Gasteiger partial charge < -0.3 is 15.0 Å². The van der Waals surface area contributed by atoms with Crippen molar-refractivity contribution in [3.63, 3.8) is 0 Å². The summed E-state index contributed by atoms with van der Waals surface area (Å²) in [5.74, 6) is 0.187. The molecule has 0 bridgehead atoms. The fourth-order valence-electron chi connectivity index (χ4n) is 3.79. The Morgan fingerprint density at radius 2 is 2.30 bits per heavy atom. The second-order valence-corrected chi connectivity index (χ2v) is 7.29. The zero-order valence-corrected chi connectivity index (χ0v) is 15.7. The van der Waals surface area contributed by atoms with E-state index >= 15 is 0 Å². The molecule has 2 aromatic heterocycles. The lowest BCUT2D eigenvalue weighted by Gasteiger charge is -2.24. The molecule has 1 fully saturated rings. The van der Waals surface area contributed by atoms with Gasteiger partial charge in [-0.15, -0.1) is 0 Å². The van der Waals surface area contributed by atoms with Crippen molar-refractivity contribution < 1.29 is 9.53 Å². The zero-order chi connectivity index (χ0) is 18.5. The van der Waals surface area contributed by atoms with Crippen molar-refractivity contribution in [3.05, 3.63) is 35.9 Å². The van der Waals surface area contributed by atoms with Crippen molar-refractivity contribution in [1.29, 1.82) is 0 Å². The van der Waals surface area contributed by atoms with Crippen LogP contribution in [-0.2, 0) is 35.6 Å². The fraction of sp³-hybridized carbons (Fsp3) is 0.632. The molecule has 27 heavy (non-hydrogen) atoms. The maximum atomic E-state index is 12.8. The smallest absolute Gasteiger partial charge is 0.223 e. The molecule has 4 heterocycles. The summed E-state index contributed by atoms with van der Waals surface area (Å²) in [5, 5.41) is 12.3. The van der Waals surface area contributed by atoms with Crippen molar-refractivity contribution >= 4 is 5.91 Å². The summed E-state index contributed by atoms with van der Waals surface area (Å²) in [4.78, 5) is 14.7. The SMILES string of the molecule is O=C(CCc1cc2n(n1)CCCNC2)N1CCCO[C@H](Cn2cccn2)C1. The molecule has 1 amide bonds. The van der Waals surface area contributed by atoms with E-state index in [0.29, 0.717) is 32.5 Å². The van der Waals surface area contributed by atoms with E-state index in [1.165, 1.54) is 5.69 Å². The number of hydrogen-bond donors (Lipinski definition) is 1. The number of ether oxygens (including phenoxy) is 1. The summed E-state index contributed by atoms with van der Waals surface area (Å²) in [6.45, 7) is 5.61. The first kappa shape index (κ1) is 18.2. The number of aryl methyl sites for hydroxylation is 2. The van der Waals surface area contributed by atoms with Gasteiger partial charge in [0, 0.05) is 58.0 Å². The van der Waals surface area contributed by atoms with Crippen LogP contribution in [0.25, 0.3) is 0 Å². The highest BCUT2D eigenvalue weighted by Crippen LogP contribution is 2.13. The number of fused-ring (bicyclic) bond motifs is 1.